The molecule has 0 saturated carbocycles. The Morgan fingerprint density at radius 2 is 1.94 bits per heavy atom. The quantitative estimate of drug-likeness (QED) is 0.402. The summed E-state index contributed by atoms with van der Waals surface area (Å²) in [7, 11) is 0. The van der Waals surface area contributed by atoms with E-state index in [1.54, 1.807) is 23.1 Å². The first kappa shape index (κ1) is 22.9. The number of halogens is 2. The molecule has 2 heterocycles. The lowest BCUT2D eigenvalue weighted by atomic mass is 10.3. The summed E-state index contributed by atoms with van der Waals surface area (Å²) in [6.07, 6.45) is 0.523. The topological polar surface area (TPSA) is 48.5 Å². The molecule has 0 radical (unpaired) electrons. The van der Waals surface area contributed by atoms with Crippen molar-refractivity contribution in [3.63, 3.8) is 0 Å². The van der Waals surface area contributed by atoms with Crippen LogP contribution in [0.25, 0.3) is 10.2 Å². The lowest BCUT2D eigenvalue weighted by molar-refractivity contribution is -0.120. The minimum absolute atomic E-state index is 0.112. The van der Waals surface area contributed by atoms with Crippen LogP contribution in [0.4, 0.5) is 5.13 Å². The Morgan fingerprint density at radius 1 is 1.16 bits per heavy atom. The maximum atomic E-state index is 12.1. The highest BCUT2D eigenvalue weighted by atomic mass is 79.9. The summed E-state index contributed by atoms with van der Waals surface area (Å²) in [5.74, 6) is 0.881. The van der Waals surface area contributed by atoms with E-state index in [1.807, 2.05) is 30.3 Å². The highest BCUT2D eigenvalue weighted by molar-refractivity contribution is 9.10. The Bertz CT molecular complexity index is 1020. The molecule has 1 aliphatic heterocycles. The molecule has 164 valence electrons. The summed E-state index contributed by atoms with van der Waals surface area (Å²) in [4.78, 5) is 22.8. The number of thiazole rings is 1. The maximum Gasteiger partial charge on any atom is 0.220 e. The predicted molar refractivity (Wildman–Crippen MR) is 136 cm³/mol. The number of anilines is 1. The largest absolute Gasteiger partial charge is 0.355 e. The van der Waals surface area contributed by atoms with E-state index in [1.165, 1.54) is 4.70 Å². The zero-order chi connectivity index (χ0) is 21.6. The van der Waals surface area contributed by atoms with Gasteiger partial charge in [-0.2, -0.15) is 0 Å². The molecule has 1 aliphatic rings. The fraction of sp³-hybridized carbons (Fsp3) is 0.364. The summed E-state index contributed by atoms with van der Waals surface area (Å²) in [6.45, 7) is 5.49. The number of aromatic nitrogens is 1. The molecule has 4 rings (SSSR count). The fourth-order valence-electron chi connectivity index (χ4n) is 3.42. The fourth-order valence-corrected chi connectivity index (χ4v) is 5.97. The van der Waals surface area contributed by atoms with Crippen molar-refractivity contribution in [3.05, 3.63) is 52.0 Å². The first-order valence-electron chi connectivity index (χ1n) is 10.3. The molecular weight excluding hydrogens is 516 g/mol. The molecule has 0 aliphatic carbocycles. The van der Waals surface area contributed by atoms with Gasteiger partial charge < -0.3 is 10.2 Å². The van der Waals surface area contributed by atoms with Gasteiger partial charge in [0, 0.05) is 65.8 Å². The zero-order valence-corrected chi connectivity index (χ0v) is 21.0. The number of carbonyl (C=O) groups excluding carboxylic acids is 1. The van der Waals surface area contributed by atoms with Crippen LogP contribution in [-0.2, 0) is 4.79 Å². The third-order valence-electron chi connectivity index (χ3n) is 5.14. The molecule has 31 heavy (non-hydrogen) atoms. The number of hydrogen-bond acceptors (Lipinski definition) is 6. The monoisotopic (exact) mass is 538 g/mol. The van der Waals surface area contributed by atoms with Crippen LogP contribution < -0.4 is 10.2 Å². The summed E-state index contributed by atoms with van der Waals surface area (Å²) in [6, 6.07) is 13.9. The predicted octanol–water partition coefficient (Wildman–Crippen LogP) is 5.13. The number of piperazine rings is 1. The molecule has 9 heteroatoms. The van der Waals surface area contributed by atoms with Crippen LogP contribution in [0.5, 0.6) is 0 Å². The highest BCUT2D eigenvalue weighted by Crippen LogP contribution is 2.31. The van der Waals surface area contributed by atoms with Gasteiger partial charge in [-0.25, -0.2) is 4.98 Å². The van der Waals surface area contributed by atoms with E-state index in [2.05, 4.69) is 43.2 Å². The van der Waals surface area contributed by atoms with E-state index in [0.29, 0.717) is 13.0 Å². The molecule has 1 N–H and O–H groups in total. The number of rotatable bonds is 8. The van der Waals surface area contributed by atoms with Crippen molar-refractivity contribution >= 4 is 71.9 Å². The molecule has 1 aromatic heterocycles. The number of nitrogens with zero attached hydrogens (tertiary/aromatic N) is 3. The van der Waals surface area contributed by atoms with E-state index in [-0.39, 0.29) is 5.91 Å². The second kappa shape index (κ2) is 11.0. The van der Waals surface area contributed by atoms with Crippen molar-refractivity contribution in [2.75, 3.05) is 49.9 Å². The van der Waals surface area contributed by atoms with Gasteiger partial charge in [0.25, 0.3) is 0 Å². The van der Waals surface area contributed by atoms with Gasteiger partial charge in [0.05, 0.1) is 10.2 Å². The molecule has 0 unspecified atom stereocenters. The van der Waals surface area contributed by atoms with Crippen LogP contribution in [0.15, 0.2) is 51.8 Å². The first-order valence-corrected chi connectivity index (χ1v) is 13.2. The van der Waals surface area contributed by atoms with Crippen LogP contribution in [0, 0.1) is 0 Å². The van der Waals surface area contributed by atoms with Crippen LogP contribution in [0.1, 0.15) is 6.42 Å². The third-order valence-corrected chi connectivity index (χ3v) is 7.98. The van der Waals surface area contributed by atoms with Crippen molar-refractivity contribution in [3.8, 4) is 0 Å². The van der Waals surface area contributed by atoms with Crippen molar-refractivity contribution in [1.29, 1.82) is 0 Å². The van der Waals surface area contributed by atoms with Gasteiger partial charge in [-0.1, -0.05) is 38.9 Å². The van der Waals surface area contributed by atoms with E-state index >= 15 is 0 Å². The van der Waals surface area contributed by atoms with E-state index in [0.717, 1.165) is 63.5 Å². The Hall–Kier alpha value is -1.32. The smallest absolute Gasteiger partial charge is 0.220 e. The standard InChI is InChI=1S/C22H24BrClN4OS2/c23-16-1-6-19-20(15-16)31-22(26-19)28-12-10-27(11-13-28)9-8-25-21(29)7-14-30-18-4-2-17(24)3-5-18/h1-6,15H,7-14H2,(H,25,29). The molecule has 5 nitrogen and oxygen atoms in total. The van der Waals surface area contributed by atoms with Gasteiger partial charge in [-0.05, 0) is 42.5 Å². The van der Waals surface area contributed by atoms with Gasteiger partial charge in [-0.3, -0.25) is 9.69 Å². The molecule has 1 fully saturated rings. The third kappa shape index (κ3) is 6.58. The van der Waals surface area contributed by atoms with Crippen LogP contribution in [0.2, 0.25) is 5.02 Å². The van der Waals surface area contributed by atoms with E-state index < -0.39 is 0 Å². The van der Waals surface area contributed by atoms with Gasteiger partial charge in [0.1, 0.15) is 0 Å². The lowest BCUT2D eigenvalue weighted by Crippen LogP contribution is -2.48. The molecule has 0 bridgehead atoms. The van der Waals surface area contributed by atoms with Gasteiger partial charge in [-0.15, -0.1) is 11.8 Å². The minimum atomic E-state index is 0.112. The number of amides is 1. The van der Waals surface area contributed by atoms with Crippen molar-refractivity contribution < 1.29 is 4.79 Å². The zero-order valence-electron chi connectivity index (χ0n) is 17.0. The molecule has 2 aromatic carbocycles. The Kier molecular flexibility index (Phi) is 8.12. The maximum absolute atomic E-state index is 12.1. The Morgan fingerprint density at radius 3 is 2.71 bits per heavy atom. The van der Waals surface area contributed by atoms with Gasteiger partial charge in [0.2, 0.25) is 5.91 Å². The van der Waals surface area contributed by atoms with Crippen LogP contribution in [0.3, 0.4) is 0 Å². The Labute approximate surface area is 204 Å². The summed E-state index contributed by atoms with van der Waals surface area (Å²) < 4.78 is 2.30. The van der Waals surface area contributed by atoms with E-state index in [4.69, 9.17) is 16.6 Å². The highest BCUT2D eigenvalue weighted by Gasteiger charge is 2.19. The first-order chi connectivity index (χ1) is 15.1. The number of carbonyl (C=O) groups is 1. The second-order valence-corrected chi connectivity index (χ2v) is 10.9. The number of thioether (sulfide) groups is 1. The van der Waals surface area contributed by atoms with Crippen molar-refractivity contribution in [1.82, 2.24) is 15.2 Å². The molecule has 1 saturated heterocycles. The lowest BCUT2D eigenvalue weighted by Gasteiger charge is -2.34. The molecule has 3 aromatic rings. The molecule has 1 amide bonds. The molecule has 0 spiro atoms. The number of hydrogen-bond donors (Lipinski definition) is 1. The average molecular weight is 540 g/mol. The molecular formula is C22H24BrClN4OS2. The number of fused-ring (bicyclic) bond motifs is 1. The normalized spacial score (nSPS) is 14.8. The van der Waals surface area contributed by atoms with Crippen molar-refractivity contribution in [2.24, 2.45) is 0 Å². The van der Waals surface area contributed by atoms with E-state index in [9.17, 15) is 4.79 Å². The van der Waals surface area contributed by atoms with Crippen LogP contribution in [-0.4, -0.2) is 60.8 Å². The summed E-state index contributed by atoms with van der Waals surface area (Å²) in [5, 5.41) is 4.88. The van der Waals surface area contributed by atoms with Gasteiger partial charge in [0.15, 0.2) is 5.13 Å². The molecule has 0 atom stereocenters. The van der Waals surface area contributed by atoms with Crippen molar-refractivity contribution in [2.45, 2.75) is 11.3 Å². The second-order valence-electron chi connectivity index (χ2n) is 7.34. The minimum Gasteiger partial charge on any atom is -0.355 e. The van der Waals surface area contributed by atoms with Crippen LogP contribution >= 0.6 is 50.6 Å². The summed E-state index contributed by atoms with van der Waals surface area (Å²) >= 11 is 12.8. The SMILES string of the molecule is O=C(CCSc1ccc(Cl)cc1)NCCN1CCN(c2nc3ccc(Br)cc3s2)CC1. The number of benzene rings is 2. The van der Waals surface area contributed by atoms with Gasteiger partial charge >= 0.3 is 0 Å². The average Bonchev–Trinajstić information content (AvgIpc) is 3.19. The summed E-state index contributed by atoms with van der Waals surface area (Å²) in [5.41, 5.74) is 1.06. The number of nitrogens with one attached hydrogen (secondary N) is 1. The Balaban J connectivity index is 1.13.